The standard InChI is InChI=1S/C12H14BrN3O/c1-8-4-3-5-10(12(8)13)11(17)6-9-7-16(2)15-14-9/h3-5,7,11,17H,6H2,1-2H3. The second-order valence-corrected chi connectivity index (χ2v) is 4.87. The average Bonchev–Trinajstić information content (AvgIpc) is 2.68. The van der Waals surface area contributed by atoms with Crippen molar-refractivity contribution < 1.29 is 5.11 Å². The molecule has 90 valence electrons. The topological polar surface area (TPSA) is 50.9 Å². The first-order chi connectivity index (χ1) is 8.08. The summed E-state index contributed by atoms with van der Waals surface area (Å²) in [5.41, 5.74) is 2.78. The zero-order valence-corrected chi connectivity index (χ0v) is 11.3. The molecule has 0 aliphatic heterocycles. The van der Waals surface area contributed by atoms with E-state index in [1.807, 2.05) is 38.4 Å². The van der Waals surface area contributed by atoms with E-state index in [1.54, 1.807) is 4.68 Å². The minimum absolute atomic E-state index is 0.468. The van der Waals surface area contributed by atoms with Gasteiger partial charge in [0, 0.05) is 24.1 Å². The smallest absolute Gasteiger partial charge is 0.0857 e. The molecule has 1 aromatic heterocycles. The Morgan fingerprint density at radius 3 is 2.88 bits per heavy atom. The number of halogens is 1. The molecular formula is C12H14BrN3O. The Morgan fingerprint density at radius 2 is 2.24 bits per heavy atom. The number of aryl methyl sites for hydroxylation is 2. The molecule has 0 spiro atoms. The fourth-order valence-corrected chi connectivity index (χ4v) is 2.25. The quantitative estimate of drug-likeness (QED) is 0.944. The first kappa shape index (κ1) is 12.3. The molecule has 1 unspecified atom stereocenters. The Morgan fingerprint density at radius 1 is 1.47 bits per heavy atom. The van der Waals surface area contributed by atoms with Crippen LogP contribution in [-0.2, 0) is 13.5 Å². The molecule has 1 N–H and O–H groups in total. The lowest BCUT2D eigenvalue weighted by atomic mass is 10.0. The highest BCUT2D eigenvalue weighted by Crippen LogP contribution is 2.28. The van der Waals surface area contributed by atoms with Gasteiger partial charge in [0.05, 0.1) is 11.8 Å². The highest BCUT2D eigenvalue weighted by atomic mass is 79.9. The van der Waals surface area contributed by atoms with Crippen LogP contribution in [0, 0.1) is 6.92 Å². The number of aliphatic hydroxyl groups excluding tert-OH is 1. The van der Waals surface area contributed by atoms with Crippen molar-refractivity contribution in [3.63, 3.8) is 0 Å². The van der Waals surface area contributed by atoms with E-state index in [9.17, 15) is 5.11 Å². The molecule has 0 aliphatic rings. The van der Waals surface area contributed by atoms with Crippen molar-refractivity contribution in [2.75, 3.05) is 0 Å². The maximum Gasteiger partial charge on any atom is 0.0857 e. The SMILES string of the molecule is Cc1cccc(C(O)Cc2cn(C)nn2)c1Br. The third-order valence-electron chi connectivity index (χ3n) is 2.63. The summed E-state index contributed by atoms with van der Waals surface area (Å²) in [7, 11) is 1.81. The van der Waals surface area contributed by atoms with Crippen LogP contribution in [0.15, 0.2) is 28.9 Å². The van der Waals surface area contributed by atoms with Crippen LogP contribution in [0.1, 0.15) is 22.9 Å². The highest BCUT2D eigenvalue weighted by Gasteiger charge is 2.14. The van der Waals surface area contributed by atoms with Crippen LogP contribution >= 0.6 is 15.9 Å². The molecular weight excluding hydrogens is 282 g/mol. The van der Waals surface area contributed by atoms with E-state index in [-0.39, 0.29) is 0 Å². The van der Waals surface area contributed by atoms with Crippen LogP contribution in [0.2, 0.25) is 0 Å². The van der Waals surface area contributed by atoms with Gasteiger partial charge in [-0.25, -0.2) is 0 Å². The molecule has 2 rings (SSSR count). The summed E-state index contributed by atoms with van der Waals surface area (Å²) in [6.07, 6.45) is 1.71. The Kier molecular flexibility index (Phi) is 3.59. The molecule has 0 amide bonds. The molecule has 1 aromatic carbocycles. The maximum atomic E-state index is 10.2. The molecule has 5 heteroatoms. The van der Waals surface area contributed by atoms with E-state index >= 15 is 0 Å². The second kappa shape index (κ2) is 4.98. The minimum atomic E-state index is -0.569. The Labute approximate surface area is 108 Å². The molecule has 0 fully saturated rings. The van der Waals surface area contributed by atoms with Crippen LogP contribution < -0.4 is 0 Å². The van der Waals surface area contributed by atoms with E-state index in [0.29, 0.717) is 6.42 Å². The number of nitrogens with zero attached hydrogens (tertiary/aromatic N) is 3. The van der Waals surface area contributed by atoms with Gasteiger partial charge in [-0.1, -0.05) is 39.3 Å². The third-order valence-corrected chi connectivity index (χ3v) is 3.72. The van der Waals surface area contributed by atoms with E-state index in [0.717, 1.165) is 21.3 Å². The predicted octanol–water partition coefficient (Wildman–Crippen LogP) is 2.16. The van der Waals surface area contributed by atoms with Crippen molar-refractivity contribution in [2.45, 2.75) is 19.4 Å². The zero-order valence-electron chi connectivity index (χ0n) is 9.76. The molecule has 0 saturated heterocycles. The third kappa shape index (κ3) is 2.73. The first-order valence-electron chi connectivity index (χ1n) is 5.36. The lowest BCUT2D eigenvalue weighted by Gasteiger charge is -2.12. The van der Waals surface area contributed by atoms with Crippen LogP contribution in [0.4, 0.5) is 0 Å². The lowest BCUT2D eigenvalue weighted by Crippen LogP contribution is -2.03. The van der Waals surface area contributed by atoms with Gasteiger partial charge in [0.15, 0.2) is 0 Å². The molecule has 17 heavy (non-hydrogen) atoms. The Balaban J connectivity index is 2.20. The fourth-order valence-electron chi connectivity index (χ4n) is 1.72. The van der Waals surface area contributed by atoms with Crippen LogP contribution in [0.25, 0.3) is 0 Å². The highest BCUT2D eigenvalue weighted by molar-refractivity contribution is 9.10. The largest absolute Gasteiger partial charge is 0.388 e. The Hall–Kier alpha value is -1.20. The van der Waals surface area contributed by atoms with Gasteiger partial charge in [0.25, 0.3) is 0 Å². The van der Waals surface area contributed by atoms with Crippen molar-refractivity contribution in [3.8, 4) is 0 Å². The zero-order chi connectivity index (χ0) is 12.4. The molecule has 0 radical (unpaired) electrons. The monoisotopic (exact) mass is 295 g/mol. The summed E-state index contributed by atoms with van der Waals surface area (Å²) in [5.74, 6) is 0. The number of benzene rings is 1. The molecule has 1 heterocycles. The summed E-state index contributed by atoms with van der Waals surface area (Å²) >= 11 is 3.50. The van der Waals surface area contributed by atoms with Crippen molar-refractivity contribution in [2.24, 2.45) is 7.05 Å². The van der Waals surface area contributed by atoms with E-state index in [1.165, 1.54) is 0 Å². The molecule has 4 nitrogen and oxygen atoms in total. The predicted molar refractivity (Wildman–Crippen MR) is 68.5 cm³/mol. The van der Waals surface area contributed by atoms with Gasteiger partial charge < -0.3 is 5.11 Å². The molecule has 2 aromatic rings. The van der Waals surface area contributed by atoms with Crippen LogP contribution in [-0.4, -0.2) is 20.1 Å². The van der Waals surface area contributed by atoms with Gasteiger partial charge in [-0.15, -0.1) is 5.10 Å². The van der Waals surface area contributed by atoms with Crippen LogP contribution in [0.3, 0.4) is 0 Å². The van der Waals surface area contributed by atoms with Crippen molar-refractivity contribution >= 4 is 15.9 Å². The molecule has 0 saturated carbocycles. The van der Waals surface area contributed by atoms with Crippen LogP contribution in [0.5, 0.6) is 0 Å². The minimum Gasteiger partial charge on any atom is -0.388 e. The van der Waals surface area contributed by atoms with Crippen molar-refractivity contribution in [1.82, 2.24) is 15.0 Å². The summed E-state index contributed by atoms with van der Waals surface area (Å²) < 4.78 is 2.59. The summed E-state index contributed by atoms with van der Waals surface area (Å²) in [6, 6.07) is 5.86. The van der Waals surface area contributed by atoms with Crippen molar-refractivity contribution in [3.05, 3.63) is 45.7 Å². The first-order valence-corrected chi connectivity index (χ1v) is 6.15. The number of hydrogen-bond acceptors (Lipinski definition) is 3. The van der Waals surface area contributed by atoms with Gasteiger partial charge >= 0.3 is 0 Å². The summed E-state index contributed by atoms with van der Waals surface area (Å²) in [5, 5.41) is 18.0. The van der Waals surface area contributed by atoms with Gasteiger partial charge in [-0.05, 0) is 18.1 Å². The number of hydrogen-bond donors (Lipinski definition) is 1. The van der Waals surface area contributed by atoms with E-state index < -0.39 is 6.10 Å². The second-order valence-electron chi connectivity index (χ2n) is 4.08. The Bertz CT molecular complexity index is 524. The summed E-state index contributed by atoms with van der Waals surface area (Å²) in [6.45, 7) is 2.00. The maximum absolute atomic E-state index is 10.2. The number of rotatable bonds is 3. The van der Waals surface area contributed by atoms with Gasteiger partial charge in [0.1, 0.15) is 0 Å². The molecule has 1 atom stereocenters. The molecule has 0 bridgehead atoms. The lowest BCUT2D eigenvalue weighted by molar-refractivity contribution is 0.176. The number of aromatic nitrogens is 3. The van der Waals surface area contributed by atoms with Gasteiger partial charge in [-0.2, -0.15) is 0 Å². The average molecular weight is 296 g/mol. The molecule has 0 aliphatic carbocycles. The van der Waals surface area contributed by atoms with E-state index in [2.05, 4.69) is 26.2 Å². The van der Waals surface area contributed by atoms with Crippen molar-refractivity contribution in [1.29, 1.82) is 0 Å². The number of aliphatic hydroxyl groups is 1. The summed E-state index contributed by atoms with van der Waals surface area (Å²) in [4.78, 5) is 0. The van der Waals surface area contributed by atoms with E-state index in [4.69, 9.17) is 0 Å². The normalized spacial score (nSPS) is 12.7. The fraction of sp³-hybridized carbons (Fsp3) is 0.333. The van der Waals surface area contributed by atoms with Gasteiger partial charge in [0.2, 0.25) is 0 Å². The van der Waals surface area contributed by atoms with Gasteiger partial charge in [-0.3, -0.25) is 4.68 Å².